The summed E-state index contributed by atoms with van der Waals surface area (Å²) >= 11 is 1.18. The summed E-state index contributed by atoms with van der Waals surface area (Å²) in [6, 6.07) is 6.76. The van der Waals surface area contributed by atoms with Crippen molar-refractivity contribution in [2.24, 2.45) is 0 Å². The Balaban J connectivity index is 2.31. The van der Waals surface area contributed by atoms with Crippen LogP contribution in [0.25, 0.3) is 10.1 Å². The van der Waals surface area contributed by atoms with Crippen molar-refractivity contribution in [1.82, 2.24) is 0 Å². The van der Waals surface area contributed by atoms with Crippen molar-refractivity contribution in [3.05, 3.63) is 34.7 Å². The second-order valence-corrected chi connectivity index (χ2v) is 6.93. The molecular formula is C12H13O5PS. The zero-order valence-electron chi connectivity index (χ0n) is 10.2. The quantitative estimate of drug-likeness (QED) is 0.827. The maximum Gasteiger partial charge on any atom is 0.345 e. The molecule has 0 fully saturated rings. The van der Waals surface area contributed by atoms with E-state index in [0.29, 0.717) is 5.56 Å². The maximum absolute atomic E-state index is 11.7. The lowest BCUT2D eigenvalue weighted by Crippen LogP contribution is -1.93. The molecule has 7 heteroatoms. The summed E-state index contributed by atoms with van der Waals surface area (Å²) in [5, 5.41) is 9.68. The van der Waals surface area contributed by atoms with Gasteiger partial charge in [0.25, 0.3) is 0 Å². The van der Waals surface area contributed by atoms with Crippen LogP contribution in [0.15, 0.2) is 24.3 Å². The average molecular weight is 300 g/mol. The molecule has 2 rings (SSSR count). The third-order valence-corrected chi connectivity index (χ3v) is 5.04. The molecule has 2 aromatic rings. The first-order valence-electron chi connectivity index (χ1n) is 5.63. The van der Waals surface area contributed by atoms with Crippen molar-refractivity contribution in [3.8, 4) is 0 Å². The molecule has 0 saturated heterocycles. The summed E-state index contributed by atoms with van der Waals surface area (Å²) < 4.78 is 17.3. The lowest BCUT2D eigenvalue weighted by atomic mass is 10.2. The average Bonchev–Trinajstić information content (AvgIpc) is 2.71. The van der Waals surface area contributed by atoms with Gasteiger partial charge in [0, 0.05) is 4.70 Å². The van der Waals surface area contributed by atoms with E-state index < -0.39 is 13.6 Å². The van der Waals surface area contributed by atoms with E-state index in [-0.39, 0.29) is 17.6 Å². The standard InChI is InChI=1S/C12H13O5PS/c1-2-17-18(15,16)7-8-3-4-10-9(5-8)6-11(19-10)12(13)14/h3-6H,2,7H2,1H3,(H,13,14)(H,15,16). The Labute approximate surface area is 114 Å². The van der Waals surface area contributed by atoms with Crippen molar-refractivity contribution >= 4 is 35.0 Å². The number of fused-ring (bicyclic) bond motifs is 1. The van der Waals surface area contributed by atoms with E-state index in [2.05, 4.69) is 0 Å². The van der Waals surface area contributed by atoms with Gasteiger partial charge in [0.15, 0.2) is 0 Å². The van der Waals surface area contributed by atoms with Crippen molar-refractivity contribution in [2.75, 3.05) is 6.61 Å². The van der Waals surface area contributed by atoms with Crippen molar-refractivity contribution in [2.45, 2.75) is 13.1 Å². The van der Waals surface area contributed by atoms with Gasteiger partial charge in [0.2, 0.25) is 0 Å². The van der Waals surface area contributed by atoms with Gasteiger partial charge in [-0.3, -0.25) is 4.57 Å². The zero-order chi connectivity index (χ0) is 14.0. The molecule has 1 aromatic carbocycles. The number of aromatic carboxylic acids is 1. The highest BCUT2D eigenvalue weighted by Crippen LogP contribution is 2.45. The van der Waals surface area contributed by atoms with E-state index in [1.807, 2.05) is 0 Å². The Morgan fingerprint density at radius 1 is 1.42 bits per heavy atom. The van der Waals surface area contributed by atoms with Crippen LogP contribution in [0.2, 0.25) is 0 Å². The first kappa shape index (κ1) is 14.2. The number of hydrogen-bond donors (Lipinski definition) is 2. The molecule has 0 saturated carbocycles. The third-order valence-electron chi connectivity index (χ3n) is 2.50. The number of thiophene rings is 1. The third kappa shape index (κ3) is 3.42. The fraction of sp³-hybridized carbons (Fsp3) is 0.250. The second kappa shape index (κ2) is 5.43. The van der Waals surface area contributed by atoms with Crippen molar-refractivity contribution in [1.29, 1.82) is 0 Å². The van der Waals surface area contributed by atoms with Crippen LogP contribution in [0.5, 0.6) is 0 Å². The summed E-state index contributed by atoms with van der Waals surface area (Å²) in [5.74, 6) is -0.968. The summed E-state index contributed by atoms with van der Waals surface area (Å²) in [6.07, 6.45) is -0.0744. The summed E-state index contributed by atoms with van der Waals surface area (Å²) in [5.41, 5.74) is 0.654. The Morgan fingerprint density at radius 3 is 2.79 bits per heavy atom. The Morgan fingerprint density at radius 2 is 2.16 bits per heavy atom. The van der Waals surface area contributed by atoms with E-state index >= 15 is 0 Å². The predicted molar refractivity (Wildman–Crippen MR) is 73.9 cm³/mol. The molecule has 5 nitrogen and oxygen atoms in total. The van der Waals surface area contributed by atoms with Crippen molar-refractivity contribution in [3.63, 3.8) is 0 Å². The fourth-order valence-corrected chi connectivity index (χ4v) is 3.81. The van der Waals surface area contributed by atoms with Crippen LogP contribution in [0, 0.1) is 0 Å². The van der Waals surface area contributed by atoms with E-state index in [4.69, 9.17) is 9.63 Å². The number of carboxylic acids is 1. The van der Waals surface area contributed by atoms with Gasteiger partial charge in [-0.25, -0.2) is 4.79 Å². The minimum atomic E-state index is -3.62. The minimum absolute atomic E-state index is 0.0744. The van der Waals surface area contributed by atoms with Crippen LogP contribution in [0.1, 0.15) is 22.2 Å². The normalized spacial score (nSPS) is 14.4. The molecule has 102 valence electrons. The van der Waals surface area contributed by atoms with Gasteiger partial charge < -0.3 is 14.5 Å². The van der Waals surface area contributed by atoms with Gasteiger partial charge >= 0.3 is 13.6 Å². The van der Waals surface area contributed by atoms with Crippen LogP contribution in [-0.4, -0.2) is 22.6 Å². The lowest BCUT2D eigenvalue weighted by molar-refractivity contribution is 0.0702. The molecule has 1 aromatic heterocycles. The topological polar surface area (TPSA) is 83.8 Å². The van der Waals surface area contributed by atoms with Crippen LogP contribution >= 0.6 is 18.9 Å². The molecule has 0 radical (unpaired) electrons. The number of carboxylic acid groups (broad SMARTS) is 1. The molecule has 0 amide bonds. The molecule has 19 heavy (non-hydrogen) atoms. The largest absolute Gasteiger partial charge is 0.477 e. The Bertz CT molecular complexity index is 663. The molecule has 0 spiro atoms. The number of rotatable bonds is 5. The SMILES string of the molecule is CCOP(=O)(O)Cc1ccc2sc(C(=O)O)cc2c1. The highest BCUT2D eigenvalue weighted by molar-refractivity contribution is 7.51. The van der Waals surface area contributed by atoms with Crippen LogP contribution < -0.4 is 0 Å². The summed E-state index contributed by atoms with van der Waals surface area (Å²) in [6.45, 7) is 1.84. The molecule has 2 N–H and O–H groups in total. The lowest BCUT2D eigenvalue weighted by Gasteiger charge is -2.10. The van der Waals surface area contributed by atoms with Gasteiger partial charge in [-0.2, -0.15) is 0 Å². The summed E-state index contributed by atoms with van der Waals surface area (Å²) in [4.78, 5) is 20.7. The second-order valence-electron chi connectivity index (χ2n) is 4.00. The Kier molecular flexibility index (Phi) is 4.06. The molecule has 1 heterocycles. The summed E-state index contributed by atoms with van der Waals surface area (Å²) in [7, 11) is -3.62. The monoisotopic (exact) mass is 300 g/mol. The van der Waals surface area contributed by atoms with E-state index in [0.717, 1.165) is 10.1 Å². The van der Waals surface area contributed by atoms with Gasteiger partial charge in [-0.05, 0) is 36.1 Å². The van der Waals surface area contributed by atoms with Gasteiger partial charge in [0.1, 0.15) is 4.88 Å². The van der Waals surface area contributed by atoms with Crippen LogP contribution in [0.3, 0.4) is 0 Å². The van der Waals surface area contributed by atoms with E-state index in [1.54, 1.807) is 31.2 Å². The predicted octanol–water partition coefficient (Wildman–Crippen LogP) is 3.32. The first-order valence-corrected chi connectivity index (χ1v) is 8.21. The highest BCUT2D eigenvalue weighted by Gasteiger charge is 2.19. The Hall–Kier alpha value is -1.20. The highest BCUT2D eigenvalue weighted by atomic mass is 32.1. The maximum atomic E-state index is 11.7. The molecule has 0 aliphatic heterocycles. The molecule has 1 atom stereocenters. The molecular weight excluding hydrogens is 287 g/mol. The number of benzene rings is 1. The van der Waals surface area contributed by atoms with Gasteiger partial charge in [0.05, 0.1) is 12.8 Å². The van der Waals surface area contributed by atoms with Crippen LogP contribution in [-0.2, 0) is 15.3 Å². The number of carbonyl (C=O) groups is 1. The number of hydrogen-bond acceptors (Lipinski definition) is 4. The van der Waals surface area contributed by atoms with Crippen molar-refractivity contribution < 1.29 is 23.9 Å². The molecule has 0 aliphatic rings. The van der Waals surface area contributed by atoms with Gasteiger partial charge in [-0.15, -0.1) is 11.3 Å². The molecule has 0 bridgehead atoms. The van der Waals surface area contributed by atoms with E-state index in [1.165, 1.54) is 11.3 Å². The minimum Gasteiger partial charge on any atom is -0.477 e. The van der Waals surface area contributed by atoms with Gasteiger partial charge in [-0.1, -0.05) is 6.07 Å². The fourth-order valence-electron chi connectivity index (χ4n) is 1.77. The first-order chi connectivity index (χ1) is 8.91. The smallest absolute Gasteiger partial charge is 0.345 e. The molecule has 1 unspecified atom stereocenters. The van der Waals surface area contributed by atoms with Crippen LogP contribution in [0.4, 0.5) is 0 Å². The molecule has 0 aliphatic carbocycles. The zero-order valence-corrected chi connectivity index (χ0v) is 11.9. The van der Waals surface area contributed by atoms with E-state index in [9.17, 15) is 14.3 Å².